The van der Waals surface area contributed by atoms with Gasteiger partial charge in [-0.15, -0.1) is 0 Å². The molecule has 1 aromatic rings. The lowest BCUT2D eigenvalue weighted by atomic mass is 10.0. The first-order valence-corrected chi connectivity index (χ1v) is 5.93. The number of hydrogen-bond donors (Lipinski definition) is 0. The van der Waals surface area contributed by atoms with Gasteiger partial charge in [-0.1, -0.05) is 0 Å². The van der Waals surface area contributed by atoms with E-state index in [1.165, 1.54) is 0 Å². The molecule has 1 aromatic heterocycles. The second-order valence-corrected chi connectivity index (χ2v) is 5.24. The summed E-state index contributed by atoms with van der Waals surface area (Å²) in [4.78, 5) is 0. The lowest BCUT2D eigenvalue weighted by Gasteiger charge is -2.15. The van der Waals surface area contributed by atoms with Gasteiger partial charge in [0.1, 0.15) is 6.10 Å². The van der Waals surface area contributed by atoms with E-state index in [-0.39, 0.29) is 11.7 Å². The van der Waals surface area contributed by atoms with Gasteiger partial charge in [-0.05, 0) is 29.8 Å². The second-order valence-electron chi connectivity index (χ2n) is 4.39. The maximum absolute atomic E-state index is 5.74. The minimum absolute atomic E-state index is 0.223. The third-order valence-corrected chi connectivity index (χ3v) is 3.62. The SMILES string of the molecule is CC(C)n1ncc(Br)c1C12COCC1O2. The van der Waals surface area contributed by atoms with E-state index in [1.54, 1.807) is 0 Å². The van der Waals surface area contributed by atoms with Crippen molar-refractivity contribution < 1.29 is 9.47 Å². The molecular weight excluding hydrogens is 260 g/mol. The van der Waals surface area contributed by atoms with Gasteiger partial charge in [0.05, 0.1) is 29.6 Å². The van der Waals surface area contributed by atoms with Crippen LogP contribution in [0.25, 0.3) is 0 Å². The Morgan fingerprint density at radius 3 is 3.00 bits per heavy atom. The average molecular weight is 273 g/mol. The zero-order valence-electron chi connectivity index (χ0n) is 8.74. The highest BCUT2D eigenvalue weighted by Gasteiger charge is 2.64. The second kappa shape index (κ2) is 3.06. The van der Waals surface area contributed by atoms with Gasteiger partial charge in [0, 0.05) is 6.04 Å². The molecule has 0 radical (unpaired) electrons. The lowest BCUT2D eigenvalue weighted by molar-refractivity contribution is 0.0655. The van der Waals surface area contributed by atoms with Crippen molar-refractivity contribution in [3.8, 4) is 0 Å². The van der Waals surface area contributed by atoms with Crippen LogP contribution in [0, 0.1) is 0 Å². The van der Waals surface area contributed by atoms with E-state index >= 15 is 0 Å². The number of fused-ring (bicyclic) bond motifs is 1. The zero-order chi connectivity index (χ0) is 10.6. The van der Waals surface area contributed by atoms with Crippen LogP contribution in [0.4, 0.5) is 0 Å². The molecule has 3 rings (SSSR count). The molecule has 0 bridgehead atoms. The maximum atomic E-state index is 5.74. The predicted molar refractivity (Wildman–Crippen MR) is 57.7 cm³/mol. The average Bonchev–Trinajstić information content (AvgIpc) is 2.59. The molecule has 0 N–H and O–H groups in total. The van der Waals surface area contributed by atoms with Crippen LogP contribution < -0.4 is 0 Å². The summed E-state index contributed by atoms with van der Waals surface area (Å²) in [5, 5.41) is 4.37. The molecule has 2 atom stereocenters. The number of rotatable bonds is 2. The van der Waals surface area contributed by atoms with Crippen molar-refractivity contribution in [2.75, 3.05) is 13.2 Å². The molecular formula is C10H13BrN2O2. The van der Waals surface area contributed by atoms with Gasteiger partial charge in [-0.2, -0.15) is 5.10 Å². The quantitative estimate of drug-likeness (QED) is 0.772. The number of ether oxygens (including phenoxy) is 2. The first-order valence-electron chi connectivity index (χ1n) is 5.14. The first kappa shape index (κ1) is 9.81. The summed E-state index contributed by atoms with van der Waals surface area (Å²) in [6.07, 6.45) is 2.06. The smallest absolute Gasteiger partial charge is 0.163 e. The fraction of sp³-hybridized carbons (Fsp3) is 0.700. The van der Waals surface area contributed by atoms with Crippen molar-refractivity contribution in [3.63, 3.8) is 0 Å². The van der Waals surface area contributed by atoms with Crippen molar-refractivity contribution in [3.05, 3.63) is 16.4 Å². The number of aromatic nitrogens is 2. The van der Waals surface area contributed by atoms with E-state index in [9.17, 15) is 0 Å². The van der Waals surface area contributed by atoms with Gasteiger partial charge in [0.2, 0.25) is 0 Å². The molecule has 15 heavy (non-hydrogen) atoms. The van der Waals surface area contributed by atoms with Gasteiger partial charge >= 0.3 is 0 Å². The lowest BCUT2D eigenvalue weighted by Crippen LogP contribution is -2.21. The van der Waals surface area contributed by atoms with Crippen LogP contribution >= 0.6 is 15.9 Å². The topological polar surface area (TPSA) is 39.6 Å². The Morgan fingerprint density at radius 1 is 1.67 bits per heavy atom. The van der Waals surface area contributed by atoms with E-state index < -0.39 is 0 Å². The third kappa shape index (κ3) is 1.23. The monoisotopic (exact) mass is 272 g/mol. The molecule has 2 aliphatic heterocycles. The third-order valence-electron chi connectivity index (χ3n) is 3.04. The minimum Gasteiger partial charge on any atom is -0.375 e. The normalized spacial score (nSPS) is 33.5. The first-order chi connectivity index (χ1) is 7.15. The van der Waals surface area contributed by atoms with Crippen LogP contribution in [0.5, 0.6) is 0 Å². The minimum atomic E-state index is -0.223. The Hall–Kier alpha value is -0.390. The summed E-state index contributed by atoms with van der Waals surface area (Å²) in [6.45, 7) is 5.59. The van der Waals surface area contributed by atoms with Crippen molar-refractivity contribution in [2.24, 2.45) is 0 Å². The summed E-state index contributed by atoms with van der Waals surface area (Å²) in [6, 6.07) is 0.339. The molecule has 5 heteroatoms. The van der Waals surface area contributed by atoms with Gasteiger partial charge in [0.15, 0.2) is 5.60 Å². The number of nitrogens with zero attached hydrogens (tertiary/aromatic N) is 2. The fourth-order valence-corrected chi connectivity index (χ4v) is 2.85. The van der Waals surface area contributed by atoms with Crippen molar-refractivity contribution in [1.82, 2.24) is 9.78 Å². The van der Waals surface area contributed by atoms with Crippen molar-refractivity contribution in [2.45, 2.75) is 31.6 Å². The molecule has 2 saturated heterocycles. The Balaban J connectivity index is 2.07. The van der Waals surface area contributed by atoms with E-state index in [2.05, 4.69) is 34.9 Å². The summed E-state index contributed by atoms with van der Waals surface area (Å²) in [5.74, 6) is 0. The highest BCUT2D eigenvalue weighted by atomic mass is 79.9. The van der Waals surface area contributed by atoms with E-state index in [4.69, 9.17) is 9.47 Å². The Morgan fingerprint density at radius 2 is 2.47 bits per heavy atom. The molecule has 0 saturated carbocycles. The molecule has 0 aliphatic carbocycles. The van der Waals surface area contributed by atoms with E-state index in [1.807, 2.05) is 10.9 Å². The van der Waals surface area contributed by atoms with Crippen LogP contribution in [-0.2, 0) is 15.1 Å². The predicted octanol–water partition coefficient (Wildman–Crippen LogP) is 1.85. The number of halogens is 1. The summed E-state index contributed by atoms with van der Waals surface area (Å²) < 4.78 is 14.2. The fourth-order valence-electron chi connectivity index (χ4n) is 2.24. The molecule has 3 heterocycles. The van der Waals surface area contributed by atoms with Crippen molar-refractivity contribution in [1.29, 1.82) is 0 Å². The number of epoxide rings is 1. The van der Waals surface area contributed by atoms with E-state index in [0.717, 1.165) is 10.2 Å². The van der Waals surface area contributed by atoms with Crippen LogP contribution in [0.2, 0.25) is 0 Å². The molecule has 0 aromatic carbocycles. The summed E-state index contributed by atoms with van der Waals surface area (Å²) in [7, 11) is 0. The van der Waals surface area contributed by atoms with Crippen LogP contribution in [0.15, 0.2) is 10.7 Å². The molecule has 82 valence electrons. The molecule has 2 fully saturated rings. The van der Waals surface area contributed by atoms with Crippen molar-refractivity contribution >= 4 is 15.9 Å². The standard InChI is InChI=1S/C10H13BrN2O2/c1-6(2)13-9(7(11)3-12-13)10-5-14-4-8(10)15-10/h3,6,8H,4-5H2,1-2H3. The molecule has 4 nitrogen and oxygen atoms in total. The van der Waals surface area contributed by atoms with Crippen LogP contribution in [-0.4, -0.2) is 29.1 Å². The zero-order valence-corrected chi connectivity index (χ0v) is 10.3. The largest absolute Gasteiger partial charge is 0.375 e. The highest BCUT2D eigenvalue weighted by molar-refractivity contribution is 9.10. The molecule has 0 amide bonds. The Labute approximate surface area is 96.7 Å². The van der Waals surface area contributed by atoms with Gasteiger partial charge < -0.3 is 9.47 Å². The van der Waals surface area contributed by atoms with Crippen LogP contribution in [0.1, 0.15) is 25.6 Å². The number of hydrogen-bond acceptors (Lipinski definition) is 3. The Bertz CT molecular complexity index is 404. The molecule has 0 spiro atoms. The van der Waals surface area contributed by atoms with Gasteiger partial charge in [-0.25, -0.2) is 0 Å². The molecule has 2 aliphatic rings. The van der Waals surface area contributed by atoms with Crippen LogP contribution in [0.3, 0.4) is 0 Å². The highest BCUT2D eigenvalue weighted by Crippen LogP contribution is 2.52. The summed E-state index contributed by atoms with van der Waals surface area (Å²) >= 11 is 3.54. The van der Waals surface area contributed by atoms with Gasteiger partial charge in [-0.3, -0.25) is 4.68 Å². The van der Waals surface area contributed by atoms with Gasteiger partial charge in [0.25, 0.3) is 0 Å². The maximum Gasteiger partial charge on any atom is 0.163 e. The van der Waals surface area contributed by atoms with E-state index in [0.29, 0.717) is 19.3 Å². The summed E-state index contributed by atoms with van der Waals surface area (Å²) in [5.41, 5.74) is 0.902. The molecule has 2 unspecified atom stereocenters. The Kier molecular flexibility index (Phi) is 2.00.